The van der Waals surface area contributed by atoms with Gasteiger partial charge in [0.25, 0.3) is 0 Å². The van der Waals surface area contributed by atoms with Gasteiger partial charge in [0, 0.05) is 25.6 Å². The molecule has 1 amide bonds. The lowest BCUT2D eigenvalue weighted by atomic mass is 10.2. The molecule has 1 fully saturated rings. The van der Waals surface area contributed by atoms with E-state index in [-0.39, 0.29) is 11.9 Å². The fourth-order valence-corrected chi connectivity index (χ4v) is 1.19. The summed E-state index contributed by atoms with van der Waals surface area (Å²) in [5, 5.41) is 0. The molecule has 0 aromatic heterocycles. The van der Waals surface area contributed by atoms with Crippen LogP contribution >= 0.6 is 0 Å². The third kappa shape index (κ3) is 2.81. The van der Waals surface area contributed by atoms with Crippen molar-refractivity contribution < 1.29 is 4.79 Å². The van der Waals surface area contributed by atoms with Crippen LogP contribution in [0.15, 0.2) is 0 Å². The molecule has 70 valence electrons. The van der Waals surface area contributed by atoms with Gasteiger partial charge in [0.2, 0.25) is 5.91 Å². The van der Waals surface area contributed by atoms with E-state index >= 15 is 0 Å². The molecule has 12 heavy (non-hydrogen) atoms. The predicted octanol–water partition coefficient (Wildman–Crippen LogP) is 0.735. The Morgan fingerprint density at radius 1 is 1.67 bits per heavy atom. The van der Waals surface area contributed by atoms with Gasteiger partial charge in [-0.15, -0.1) is 0 Å². The minimum atomic E-state index is 0.140. The highest BCUT2D eigenvalue weighted by atomic mass is 16.2. The molecule has 0 aliphatic heterocycles. The highest BCUT2D eigenvalue weighted by Crippen LogP contribution is 2.25. The topological polar surface area (TPSA) is 46.3 Å². The Balaban J connectivity index is 2.17. The van der Waals surface area contributed by atoms with Crippen molar-refractivity contribution in [3.63, 3.8) is 0 Å². The molecule has 1 aliphatic rings. The lowest BCUT2D eigenvalue weighted by Crippen LogP contribution is -2.30. The number of carbonyl (C=O) groups is 1. The number of carbonyl (C=O) groups excluding carboxylic acids is 1. The molecule has 0 aromatic rings. The van der Waals surface area contributed by atoms with E-state index < -0.39 is 0 Å². The van der Waals surface area contributed by atoms with Crippen molar-refractivity contribution in [2.45, 2.75) is 44.7 Å². The lowest BCUT2D eigenvalue weighted by molar-refractivity contribution is -0.130. The van der Waals surface area contributed by atoms with Gasteiger partial charge in [-0.3, -0.25) is 4.79 Å². The molecule has 1 unspecified atom stereocenters. The highest BCUT2D eigenvalue weighted by molar-refractivity contribution is 5.76. The first-order chi connectivity index (χ1) is 5.61. The average molecular weight is 170 g/mol. The summed E-state index contributed by atoms with van der Waals surface area (Å²) in [6.45, 7) is 1.93. The highest BCUT2D eigenvalue weighted by Gasteiger charge is 2.28. The summed E-state index contributed by atoms with van der Waals surface area (Å²) in [6.07, 6.45) is 3.77. The molecule has 3 nitrogen and oxygen atoms in total. The van der Waals surface area contributed by atoms with E-state index in [1.54, 1.807) is 0 Å². The van der Waals surface area contributed by atoms with Crippen molar-refractivity contribution in [3.05, 3.63) is 0 Å². The van der Waals surface area contributed by atoms with Gasteiger partial charge in [0.1, 0.15) is 0 Å². The third-order valence-electron chi connectivity index (χ3n) is 2.30. The van der Waals surface area contributed by atoms with Gasteiger partial charge in [-0.2, -0.15) is 0 Å². The second-order valence-electron chi connectivity index (χ2n) is 3.75. The second kappa shape index (κ2) is 3.90. The van der Waals surface area contributed by atoms with E-state index in [0.29, 0.717) is 12.5 Å². The van der Waals surface area contributed by atoms with Gasteiger partial charge in [-0.1, -0.05) is 0 Å². The zero-order valence-corrected chi connectivity index (χ0v) is 7.92. The lowest BCUT2D eigenvalue weighted by Gasteiger charge is -2.16. The van der Waals surface area contributed by atoms with Gasteiger partial charge in [-0.25, -0.2) is 0 Å². The van der Waals surface area contributed by atoms with E-state index in [9.17, 15) is 4.79 Å². The van der Waals surface area contributed by atoms with Crippen LogP contribution in [0.2, 0.25) is 0 Å². The van der Waals surface area contributed by atoms with E-state index in [0.717, 1.165) is 6.42 Å². The van der Waals surface area contributed by atoms with Gasteiger partial charge in [0.15, 0.2) is 0 Å². The normalized spacial score (nSPS) is 18.9. The number of amides is 1. The Morgan fingerprint density at radius 3 is 2.67 bits per heavy atom. The number of rotatable bonds is 4. The first-order valence-corrected chi connectivity index (χ1v) is 4.62. The maximum absolute atomic E-state index is 11.4. The number of nitrogens with two attached hydrogens (primary N) is 1. The van der Waals surface area contributed by atoms with Crippen LogP contribution in [0.4, 0.5) is 0 Å². The molecule has 0 radical (unpaired) electrons. The van der Waals surface area contributed by atoms with Crippen LogP contribution in [-0.4, -0.2) is 29.9 Å². The average Bonchev–Trinajstić information content (AvgIpc) is 2.80. The van der Waals surface area contributed by atoms with Crippen molar-refractivity contribution in [2.75, 3.05) is 7.05 Å². The molecule has 0 heterocycles. The summed E-state index contributed by atoms with van der Waals surface area (Å²) < 4.78 is 0. The van der Waals surface area contributed by atoms with Gasteiger partial charge in [0.05, 0.1) is 0 Å². The molecule has 0 spiro atoms. The molecule has 2 N–H and O–H groups in total. The third-order valence-corrected chi connectivity index (χ3v) is 2.30. The van der Waals surface area contributed by atoms with E-state index in [4.69, 9.17) is 5.73 Å². The number of hydrogen-bond donors (Lipinski definition) is 1. The van der Waals surface area contributed by atoms with Crippen LogP contribution in [0.25, 0.3) is 0 Å². The molecule has 0 saturated heterocycles. The molecule has 1 atom stereocenters. The molecule has 3 heteroatoms. The predicted molar refractivity (Wildman–Crippen MR) is 48.7 cm³/mol. The summed E-state index contributed by atoms with van der Waals surface area (Å²) in [4.78, 5) is 13.3. The largest absolute Gasteiger partial charge is 0.343 e. The Morgan fingerprint density at radius 2 is 2.25 bits per heavy atom. The summed E-state index contributed by atoms with van der Waals surface area (Å²) in [6, 6.07) is 0.673. The maximum atomic E-state index is 11.4. The zero-order valence-electron chi connectivity index (χ0n) is 7.92. The second-order valence-corrected chi connectivity index (χ2v) is 3.75. The van der Waals surface area contributed by atoms with Gasteiger partial charge < -0.3 is 10.6 Å². The van der Waals surface area contributed by atoms with Crippen LogP contribution in [0.1, 0.15) is 32.6 Å². The standard InChI is InChI=1S/C9H18N2O/c1-7(10)3-6-9(12)11(2)8-4-5-8/h7-8H,3-6,10H2,1-2H3. The molecular weight excluding hydrogens is 152 g/mol. The van der Waals surface area contributed by atoms with Crippen molar-refractivity contribution in [2.24, 2.45) is 5.73 Å². The minimum absolute atomic E-state index is 0.140. The minimum Gasteiger partial charge on any atom is -0.343 e. The number of nitrogens with zero attached hydrogens (tertiary/aromatic N) is 1. The van der Waals surface area contributed by atoms with Gasteiger partial charge >= 0.3 is 0 Å². The van der Waals surface area contributed by atoms with Crippen LogP contribution in [-0.2, 0) is 4.79 Å². The van der Waals surface area contributed by atoms with Crippen molar-refractivity contribution in [3.8, 4) is 0 Å². The summed E-state index contributed by atoms with van der Waals surface area (Å²) in [5.41, 5.74) is 5.56. The molecular formula is C9H18N2O. The Labute approximate surface area is 73.9 Å². The molecule has 1 aliphatic carbocycles. The van der Waals surface area contributed by atoms with Crippen LogP contribution in [0, 0.1) is 0 Å². The Kier molecular flexibility index (Phi) is 3.09. The fourth-order valence-electron chi connectivity index (χ4n) is 1.19. The first kappa shape index (κ1) is 9.52. The number of hydrogen-bond acceptors (Lipinski definition) is 2. The summed E-state index contributed by atoms with van der Waals surface area (Å²) in [5.74, 6) is 0.245. The maximum Gasteiger partial charge on any atom is 0.222 e. The van der Waals surface area contributed by atoms with E-state index in [1.807, 2.05) is 18.9 Å². The van der Waals surface area contributed by atoms with Crippen LogP contribution in [0.5, 0.6) is 0 Å². The van der Waals surface area contributed by atoms with Crippen LogP contribution in [0.3, 0.4) is 0 Å². The molecule has 0 aromatic carbocycles. The SMILES string of the molecule is CC(N)CCC(=O)N(C)C1CC1. The Hall–Kier alpha value is -0.570. The fraction of sp³-hybridized carbons (Fsp3) is 0.889. The monoisotopic (exact) mass is 170 g/mol. The van der Waals surface area contributed by atoms with Crippen LogP contribution < -0.4 is 5.73 Å². The summed E-state index contributed by atoms with van der Waals surface area (Å²) >= 11 is 0. The first-order valence-electron chi connectivity index (χ1n) is 4.62. The molecule has 1 saturated carbocycles. The van der Waals surface area contributed by atoms with Crippen molar-refractivity contribution in [1.82, 2.24) is 4.90 Å². The van der Waals surface area contributed by atoms with Crippen molar-refractivity contribution in [1.29, 1.82) is 0 Å². The van der Waals surface area contributed by atoms with E-state index in [1.165, 1.54) is 12.8 Å². The van der Waals surface area contributed by atoms with Crippen molar-refractivity contribution >= 4 is 5.91 Å². The molecule has 0 bridgehead atoms. The quantitative estimate of drug-likeness (QED) is 0.676. The summed E-state index contributed by atoms with van der Waals surface area (Å²) in [7, 11) is 1.89. The zero-order chi connectivity index (χ0) is 9.14. The molecule has 1 rings (SSSR count). The Bertz CT molecular complexity index is 164. The van der Waals surface area contributed by atoms with E-state index in [2.05, 4.69) is 0 Å². The smallest absolute Gasteiger partial charge is 0.222 e. The van der Waals surface area contributed by atoms with Gasteiger partial charge in [-0.05, 0) is 26.2 Å².